The lowest BCUT2D eigenvalue weighted by molar-refractivity contribution is 0.102. The van der Waals surface area contributed by atoms with Crippen molar-refractivity contribution in [2.45, 2.75) is 20.3 Å². The molecule has 0 aliphatic rings. The molecule has 2 rings (SSSR count). The van der Waals surface area contributed by atoms with Crippen molar-refractivity contribution in [3.8, 4) is 0 Å². The number of hydrogen-bond acceptors (Lipinski definition) is 2. The summed E-state index contributed by atoms with van der Waals surface area (Å²) in [4.78, 5) is 12.2. The summed E-state index contributed by atoms with van der Waals surface area (Å²) in [6.07, 6.45) is 0.826. The second-order valence-electron chi connectivity index (χ2n) is 5.11. The van der Waals surface area contributed by atoms with E-state index in [1.54, 1.807) is 0 Å². The molecule has 1 amide bonds. The Bertz CT molecular complexity index is 627. The number of carbonyl (C=O) groups excluding carboxylic acids is 1. The van der Waals surface area contributed by atoms with Crippen molar-refractivity contribution < 1.29 is 4.79 Å². The number of rotatable bonds is 4. The largest absolute Gasteiger partial charge is 0.330 e. The summed E-state index contributed by atoms with van der Waals surface area (Å²) in [7, 11) is 0. The number of amides is 1. The first-order valence-corrected chi connectivity index (χ1v) is 7.67. The van der Waals surface area contributed by atoms with E-state index in [-0.39, 0.29) is 5.91 Å². The fourth-order valence-electron chi connectivity index (χ4n) is 2.21. The monoisotopic (exact) mass is 346 g/mol. The van der Waals surface area contributed by atoms with Gasteiger partial charge >= 0.3 is 0 Å². The van der Waals surface area contributed by atoms with E-state index in [1.165, 1.54) is 0 Å². The Labute approximate surface area is 133 Å². The molecule has 0 fully saturated rings. The fraction of sp³-hybridized carbons (Fsp3) is 0.235. The molecular formula is C17H19BrN2O. The molecule has 0 atom stereocenters. The quantitative estimate of drug-likeness (QED) is 0.883. The smallest absolute Gasteiger partial charge is 0.255 e. The van der Waals surface area contributed by atoms with Crippen LogP contribution in [0.15, 0.2) is 40.9 Å². The molecule has 3 nitrogen and oxygen atoms in total. The Morgan fingerprint density at radius 2 is 1.71 bits per heavy atom. The first-order valence-electron chi connectivity index (χ1n) is 6.88. The van der Waals surface area contributed by atoms with E-state index in [1.807, 2.05) is 50.2 Å². The van der Waals surface area contributed by atoms with E-state index < -0.39 is 0 Å². The van der Waals surface area contributed by atoms with Crippen molar-refractivity contribution in [1.82, 2.24) is 0 Å². The molecule has 4 heteroatoms. The van der Waals surface area contributed by atoms with Crippen LogP contribution in [0.5, 0.6) is 0 Å². The zero-order chi connectivity index (χ0) is 15.4. The molecule has 0 unspecified atom stereocenters. The molecule has 0 heterocycles. The number of aryl methyl sites for hydroxylation is 2. The van der Waals surface area contributed by atoms with Gasteiger partial charge in [0.15, 0.2) is 0 Å². The Kier molecular flexibility index (Phi) is 5.15. The topological polar surface area (TPSA) is 55.1 Å². The van der Waals surface area contributed by atoms with Gasteiger partial charge in [-0.3, -0.25) is 4.79 Å². The van der Waals surface area contributed by atoms with Crippen molar-refractivity contribution in [3.63, 3.8) is 0 Å². The standard InChI is InChI=1S/C17H19BrN2O/c1-11-9-15(10-12(2)16(11)18)20-17(21)14-5-3-13(4-6-14)7-8-19/h3-6,9-10H,7-8,19H2,1-2H3,(H,20,21). The number of hydrogen-bond donors (Lipinski definition) is 2. The van der Waals surface area contributed by atoms with Crippen molar-refractivity contribution >= 4 is 27.5 Å². The normalized spacial score (nSPS) is 10.5. The second kappa shape index (κ2) is 6.87. The summed E-state index contributed by atoms with van der Waals surface area (Å²) >= 11 is 3.52. The zero-order valence-corrected chi connectivity index (χ0v) is 13.8. The van der Waals surface area contributed by atoms with Crippen molar-refractivity contribution in [2.24, 2.45) is 5.73 Å². The summed E-state index contributed by atoms with van der Waals surface area (Å²) in [5, 5.41) is 2.93. The molecule has 0 aliphatic carbocycles. The zero-order valence-electron chi connectivity index (χ0n) is 12.2. The number of anilines is 1. The first kappa shape index (κ1) is 15.7. The molecular weight excluding hydrogens is 328 g/mol. The molecule has 0 bridgehead atoms. The summed E-state index contributed by atoms with van der Waals surface area (Å²) in [6.45, 7) is 4.63. The minimum Gasteiger partial charge on any atom is -0.330 e. The van der Waals surface area contributed by atoms with Crippen LogP contribution < -0.4 is 11.1 Å². The summed E-state index contributed by atoms with van der Waals surface area (Å²) in [5.41, 5.74) is 10.3. The molecule has 0 saturated carbocycles. The van der Waals surface area contributed by atoms with Gasteiger partial charge in [0.2, 0.25) is 0 Å². The lowest BCUT2D eigenvalue weighted by Crippen LogP contribution is -2.12. The lowest BCUT2D eigenvalue weighted by Gasteiger charge is -2.10. The molecule has 2 aromatic rings. The molecule has 3 N–H and O–H groups in total. The van der Waals surface area contributed by atoms with E-state index >= 15 is 0 Å². The molecule has 110 valence electrons. The predicted octanol–water partition coefficient (Wildman–Crippen LogP) is 3.82. The maximum Gasteiger partial charge on any atom is 0.255 e. The third-order valence-electron chi connectivity index (χ3n) is 3.34. The third kappa shape index (κ3) is 3.93. The lowest BCUT2D eigenvalue weighted by atomic mass is 10.1. The highest BCUT2D eigenvalue weighted by molar-refractivity contribution is 9.10. The van der Waals surface area contributed by atoms with E-state index in [0.717, 1.165) is 33.3 Å². The van der Waals surface area contributed by atoms with Crippen LogP contribution in [0.25, 0.3) is 0 Å². The highest BCUT2D eigenvalue weighted by Crippen LogP contribution is 2.25. The molecule has 0 radical (unpaired) electrons. The summed E-state index contributed by atoms with van der Waals surface area (Å²) in [6, 6.07) is 11.5. The number of nitrogens with one attached hydrogen (secondary N) is 1. The molecule has 0 saturated heterocycles. The van der Waals surface area contributed by atoms with Crippen LogP contribution in [0, 0.1) is 13.8 Å². The Morgan fingerprint density at radius 1 is 1.14 bits per heavy atom. The second-order valence-corrected chi connectivity index (χ2v) is 5.91. The average molecular weight is 347 g/mol. The van der Waals surface area contributed by atoms with E-state index in [4.69, 9.17) is 5.73 Å². The molecule has 0 spiro atoms. The van der Waals surface area contributed by atoms with Gasteiger partial charge in [-0.1, -0.05) is 28.1 Å². The highest BCUT2D eigenvalue weighted by Gasteiger charge is 2.08. The van der Waals surface area contributed by atoms with Crippen molar-refractivity contribution in [2.75, 3.05) is 11.9 Å². The number of halogens is 1. The third-order valence-corrected chi connectivity index (χ3v) is 4.59. The van der Waals surface area contributed by atoms with Gasteiger partial charge in [-0.25, -0.2) is 0 Å². The van der Waals surface area contributed by atoms with Gasteiger partial charge in [0.05, 0.1) is 0 Å². The van der Waals surface area contributed by atoms with E-state index in [9.17, 15) is 4.79 Å². The summed E-state index contributed by atoms with van der Waals surface area (Å²) < 4.78 is 1.08. The minimum absolute atomic E-state index is 0.101. The van der Waals surface area contributed by atoms with Crippen LogP contribution in [0.2, 0.25) is 0 Å². The van der Waals surface area contributed by atoms with E-state index in [2.05, 4.69) is 21.2 Å². The van der Waals surface area contributed by atoms with Crippen LogP contribution >= 0.6 is 15.9 Å². The SMILES string of the molecule is Cc1cc(NC(=O)c2ccc(CCN)cc2)cc(C)c1Br. The van der Waals surface area contributed by atoms with Gasteiger partial charge in [0.1, 0.15) is 0 Å². The minimum atomic E-state index is -0.101. The highest BCUT2D eigenvalue weighted by atomic mass is 79.9. The van der Waals surface area contributed by atoms with Gasteiger partial charge in [-0.15, -0.1) is 0 Å². The van der Waals surface area contributed by atoms with Crippen molar-refractivity contribution in [3.05, 3.63) is 63.1 Å². The van der Waals surface area contributed by atoms with Crippen LogP contribution in [0.1, 0.15) is 27.0 Å². The van der Waals surface area contributed by atoms with Crippen LogP contribution in [-0.2, 0) is 6.42 Å². The molecule has 2 aromatic carbocycles. The fourth-order valence-corrected chi connectivity index (χ4v) is 2.44. The van der Waals surface area contributed by atoms with Gasteiger partial charge < -0.3 is 11.1 Å². The molecule has 0 aromatic heterocycles. The van der Waals surface area contributed by atoms with Gasteiger partial charge in [0, 0.05) is 15.7 Å². The van der Waals surface area contributed by atoms with Gasteiger partial charge in [-0.2, -0.15) is 0 Å². The number of nitrogens with two attached hydrogens (primary N) is 1. The van der Waals surface area contributed by atoms with Crippen LogP contribution in [0.4, 0.5) is 5.69 Å². The molecule has 21 heavy (non-hydrogen) atoms. The van der Waals surface area contributed by atoms with Crippen LogP contribution in [0.3, 0.4) is 0 Å². The van der Waals surface area contributed by atoms with Gasteiger partial charge in [-0.05, 0) is 67.8 Å². The Morgan fingerprint density at radius 3 is 2.24 bits per heavy atom. The number of carbonyl (C=O) groups is 1. The summed E-state index contributed by atoms with van der Waals surface area (Å²) in [5.74, 6) is -0.101. The maximum absolute atomic E-state index is 12.2. The van der Waals surface area contributed by atoms with Crippen LogP contribution in [-0.4, -0.2) is 12.5 Å². The Hall–Kier alpha value is -1.65. The van der Waals surface area contributed by atoms with E-state index in [0.29, 0.717) is 12.1 Å². The first-order chi connectivity index (χ1) is 10.0. The van der Waals surface area contributed by atoms with Crippen molar-refractivity contribution in [1.29, 1.82) is 0 Å². The Balaban J connectivity index is 2.14. The average Bonchev–Trinajstić information content (AvgIpc) is 2.45. The number of benzene rings is 2. The molecule has 0 aliphatic heterocycles. The predicted molar refractivity (Wildman–Crippen MR) is 90.8 cm³/mol. The van der Waals surface area contributed by atoms with Gasteiger partial charge in [0.25, 0.3) is 5.91 Å². The maximum atomic E-state index is 12.2.